The molecule has 3 aromatic carbocycles. The van der Waals surface area contributed by atoms with Gasteiger partial charge in [0.05, 0.1) is 16.8 Å². The Morgan fingerprint density at radius 1 is 0.867 bits per heavy atom. The van der Waals surface area contributed by atoms with Crippen molar-refractivity contribution in [2.75, 3.05) is 24.5 Å². The van der Waals surface area contributed by atoms with E-state index in [0.717, 1.165) is 16.8 Å². The quantitative estimate of drug-likeness (QED) is 0.214. The van der Waals surface area contributed by atoms with Crippen LogP contribution < -0.4 is 4.90 Å². The normalized spacial score (nSPS) is 17.3. The number of nitrogens with zero attached hydrogens (tertiary/aromatic N) is 3. The minimum Gasteiger partial charge on any atom is -0.409 e. The summed E-state index contributed by atoms with van der Waals surface area (Å²) in [5, 5.41) is 15.3. The van der Waals surface area contributed by atoms with Crippen LogP contribution in [0.5, 0.6) is 0 Å². The third-order valence-corrected chi connectivity index (χ3v) is 6.07. The molecule has 4 nitrogen and oxygen atoms in total. The number of halogens is 3. The van der Waals surface area contributed by atoms with Gasteiger partial charge in [-0.1, -0.05) is 82.4 Å². The fourth-order valence-corrected chi connectivity index (χ4v) is 4.48. The molecule has 1 fully saturated rings. The minimum absolute atomic E-state index is 0.0184. The lowest BCUT2D eigenvalue weighted by Gasteiger charge is -2.44. The molecule has 3 aromatic rings. The number of hydrogen-bond acceptors (Lipinski definition) is 3. The maximum atomic E-state index is 9.76. The average molecular weight is 461 g/mol. The topological polar surface area (TPSA) is 39.1 Å². The van der Waals surface area contributed by atoms with Crippen molar-refractivity contribution in [3.8, 4) is 0 Å². The summed E-state index contributed by atoms with van der Waals surface area (Å²) in [6, 6.07) is 23.0. The van der Waals surface area contributed by atoms with Crippen LogP contribution in [0.3, 0.4) is 0 Å². The molecular weight excluding hydrogens is 441 g/mol. The maximum absolute atomic E-state index is 9.76. The van der Waals surface area contributed by atoms with E-state index in [4.69, 9.17) is 34.8 Å². The second-order valence-electron chi connectivity index (χ2n) is 7.09. The summed E-state index contributed by atoms with van der Waals surface area (Å²) in [6.45, 7) is 1.99. The molecule has 1 saturated heterocycles. The van der Waals surface area contributed by atoms with Crippen LogP contribution >= 0.6 is 34.8 Å². The molecule has 1 unspecified atom stereocenters. The molecule has 0 radical (unpaired) electrons. The zero-order valence-corrected chi connectivity index (χ0v) is 18.3. The van der Waals surface area contributed by atoms with Crippen LogP contribution in [0.1, 0.15) is 17.2 Å². The molecule has 1 N–H and O–H groups in total. The standard InChI is InChI=1S/C23H20Cl3N3O/c24-18-8-6-16(7-9-18)22-15-28(23(27-30)17-4-2-1-3-5-17)12-13-29(22)21-11-10-19(25)14-20(21)26/h1-11,14,22,30H,12-13,15H2. The SMILES string of the molecule is ON=C(c1ccccc1)N1CCN(c2ccc(Cl)cc2Cl)C(c2ccc(Cl)cc2)C1. The Kier molecular flexibility index (Phi) is 6.38. The van der Waals surface area contributed by atoms with Gasteiger partial charge < -0.3 is 15.0 Å². The highest BCUT2D eigenvalue weighted by Crippen LogP contribution is 2.37. The molecule has 7 heteroatoms. The summed E-state index contributed by atoms with van der Waals surface area (Å²) in [5.74, 6) is 0.552. The summed E-state index contributed by atoms with van der Waals surface area (Å²) in [4.78, 5) is 4.35. The highest BCUT2D eigenvalue weighted by atomic mass is 35.5. The molecule has 0 aliphatic carbocycles. The molecule has 1 aliphatic heterocycles. The molecule has 0 amide bonds. The van der Waals surface area contributed by atoms with Gasteiger partial charge in [-0.2, -0.15) is 0 Å². The van der Waals surface area contributed by atoms with E-state index in [9.17, 15) is 5.21 Å². The van der Waals surface area contributed by atoms with E-state index in [-0.39, 0.29) is 6.04 Å². The summed E-state index contributed by atoms with van der Waals surface area (Å²) in [5.41, 5.74) is 2.89. The van der Waals surface area contributed by atoms with Crippen molar-refractivity contribution in [3.63, 3.8) is 0 Å². The van der Waals surface area contributed by atoms with Crippen LogP contribution in [0.4, 0.5) is 5.69 Å². The van der Waals surface area contributed by atoms with Gasteiger partial charge in [0.1, 0.15) is 0 Å². The Bertz CT molecular complexity index is 1040. The minimum atomic E-state index is -0.0184. The second kappa shape index (κ2) is 9.17. The van der Waals surface area contributed by atoms with E-state index in [2.05, 4.69) is 15.0 Å². The monoisotopic (exact) mass is 459 g/mol. The van der Waals surface area contributed by atoms with Gasteiger partial charge in [0.15, 0.2) is 5.84 Å². The number of anilines is 1. The van der Waals surface area contributed by atoms with Crippen molar-refractivity contribution in [1.29, 1.82) is 0 Å². The van der Waals surface area contributed by atoms with Crippen molar-refractivity contribution in [2.45, 2.75) is 6.04 Å². The van der Waals surface area contributed by atoms with Gasteiger partial charge >= 0.3 is 0 Å². The lowest BCUT2D eigenvalue weighted by Crippen LogP contribution is -2.51. The maximum Gasteiger partial charge on any atom is 0.175 e. The first-order valence-corrected chi connectivity index (χ1v) is 10.7. The van der Waals surface area contributed by atoms with Gasteiger partial charge in [-0.3, -0.25) is 0 Å². The van der Waals surface area contributed by atoms with E-state index in [1.807, 2.05) is 66.7 Å². The van der Waals surface area contributed by atoms with Crippen LogP contribution in [0.15, 0.2) is 78.0 Å². The van der Waals surface area contributed by atoms with E-state index in [1.165, 1.54) is 0 Å². The molecule has 1 atom stereocenters. The summed E-state index contributed by atoms with van der Waals surface area (Å²) in [7, 11) is 0. The number of benzene rings is 3. The number of piperazine rings is 1. The van der Waals surface area contributed by atoms with E-state index in [1.54, 1.807) is 6.07 Å². The van der Waals surface area contributed by atoms with Gasteiger partial charge in [-0.15, -0.1) is 0 Å². The van der Waals surface area contributed by atoms with E-state index < -0.39 is 0 Å². The fraction of sp³-hybridized carbons (Fsp3) is 0.174. The molecule has 1 aliphatic rings. The number of amidine groups is 1. The Labute approximate surface area is 190 Å². The highest BCUT2D eigenvalue weighted by molar-refractivity contribution is 6.36. The number of oxime groups is 1. The first kappa shape index (κ1) is 20.9. The molecule has 0 saturated carbocycles. The van der Waals surface area contributed by atoms with Gasteiger partial charge in [0, 0.05) is 35.2 Å². The third-order valence-electron chi connectivity index (χ3n) is 5.28. The lowest BCUT2D eigenvalue weighted by molar-refractivity contribution is 0.282. The number of hydrogen-bond donors (Lipinski definition) is 1. The van der Waals surface area contributed by atoms with Crippen molar-refractivity contribution in [2.24, 2.45) is 5.16 Å². The van der Waals surface area contributed by atoms with Crippen molar-refractivity contribution >= 4 is 46.3 Å². The lowest BCUT2D eigenvalue weighted by atomic mass is 10.0. The second-order valence-corrected chi connectivity index (χ2v) is 8.37. The molecule has 0 spiro atoms. The summed E-state index contributed by atoms with van der Waals surface area (Å²) in [6.07, 6.45) is 0. The van der Waals surface area contributed by atoms with E-state index >= 15 is 0 Å². The zero-order valence-electron chi connectivity index (χ0n) is 16.0. The third kappa shape index (κ3) is 4.36. The Morgan fingerprint density at radius 3 is 2.23 bits per heavy atom. The molecular formula is C23H20Cl3N3O. The van der Waals surface area contributed by atoms with Crippen LogP contribution in [0.25, 0.3) is 0 Å². The van der Waals surface area contributed by atoms with Gasteiger partial charge in [-0.05, 0) is 35.9 Å². The predicted octanol–water partition coefficient (Wildman–Crippen LogP) is 6.35. The largest absolute Gasteiger partial charge is 0.409 e. The van der Waals surface area contributed by atoms with Gasteiger partial charge in [0.2, 0.25) is 0 Å². The van der Waals surface area contributed by atoms with Gasteiger partial charge in [-0.25, -0.2) is 0 Å². The van der Waals surface area contributed by atoms with Crippen LogP contribution in [-0.2, 0) is 0 Å². The van der Waals surface area contributed by atoms with Crippen molar-refractivity contribution < 1.29 is 5.21 Å². The molecule has 4 rings (SSSR count). The Morgan fingerprint density at radius 2 is 1.57 bits per heavy atom. The van der Waals surface area contributed by atoms with Crippen molar-refractivity contribution in [3.05, 3.63) is 99.0 Å². The molecule has 1 heterocycles. The smallest absolute Gasteiger partial charge is 0.175 e. The first-order valence-electron chi connectivity index (χ1n) is 9.56. The first-order chi connectivity index (χ1) is 14.6. The predicted molar refractivity (Wildman–Crippen MR) is 124 cm³/mol. The van der Waals surface area contributed by atoms with Gasteiger partial charge in [0.25, 0.3) is 0 Å². The van der Waals surface area contributed by atoms with Crippen LogP contribution in [0, 0.1) is 0 Å². The summed E-state index contributed by atoms with van der Waals surface area (Å²) >= 11 is 18.8. The fourth-order valence-electron chi connectivity index (χ4n) is 3.84. The number of rotatable bonds is 3. The summed E-state index contributed by atoms with van der Waals surface area (Å²) < 4.78 is 0. The van der Waals surface area contributed by atoms with Crippen LogP contribution in [-0.4, -0.2) is 35.6 Å². The zero-order chi connectivity index (χ0) is 21.1. The molecule has 0 aromatic heterocycles. The highest BCUT2D eigenvalue weighted by Gasteiger charge is 2.31. The average Bonchev–Trinajstić information content (AvgIpc) is 2.76. The van der Waals surface area contributed by atoms with Crippen molar-refractivity contribution in [1.82, 2.24) is 4.90 Å². The van der Waals surface area contributed by atoms with E-state index in [0.29, 0.717) is 40.5 Å². The molecule has 154 valence electrons. The molecule has 30 heavy (non-hydrogen) atoms. The molecule has 0 bridgehead atoms. The van der Waals surface area contributed by atoms with Crippen LogP contribution in [0.2, 0.25) is 15.1 Å². The Hall–Kier alpha value is -2.40. The Balaban J connectivity index is 1.70.